The molecule has 20 heavy (non-hydrogen) atoms. The normalized spacial score (nSPS) is 34.8. The minimum absolute atomic E-state index is 0.0471. The Morgan fingerprint density at radius 2 is 2.05 bits per heavy atom. The van der Waals surface area contributed by atoms with Crippen LogP contribution in [-0.2, 0) is 9.53 Å². The van der Waals surface area contributed by atoms with Crippen LogP contribution < -0.4 is 0 Å². The van der Waals surface area contributed by atoms with E-state index in [1.807, 2.05) is 14.1 Å². The molecule has 0 heterocycles. The molecule has 0 N–H and O–H groups in total. The second-order valence-electron chi connectivity index (χ2n) is 8.00. The van der Waals surface area contributed by atoms with Crippen LogP contribution in [0, 0.1) is 28.1 Å². The summed E-state index contributed by atoms with van der Waals surface area (Å²) in [5, 5.41) is 8.78. The Bertz CT molecular complexity index is 450. The molecule has 2 aliphatic rings. The highest BCUT2D eigenvalue weighted by atomic mass is 16.5. The average Bonchev–Trinajstić information content (AvgIpc) is 2.60. The van der Waals surface area contributed by atoms with Crippen molar-refractivity contribution in [3.05, 3.63) is 0 Å². The van der Waals surface area contributed by atoms with Gasteiger partial charge in [-0.1, -0.05) is 20.8 Å². The number of quaternary nitrogens is 1. The number of ether oxygens (including phenoxy) is 1. The van der Waals surface area contributed by atoms with Gasteiger partial charge in [0, 0.05) is 5.41 Å². The Kier molecular flexibility index (Phi) is 3.62. The first kappa shape index (κ1) is 15.3. The molecular formula is C16H27N2O2+. The van der Waals surface area contributed by atoms with E-state index in [9.17, 15) is 4.79 Å². The van der Waals surface area contributed by atoms with E-state index < -0.39 is 0 Å². The van der Waals surface area contributed by atoms with Crippen molar-refractivity contribution in [3.63, 3.8) is 0 Å². The van der Waals surface area contributed by atoms with Crippen LogP contribution in [0.1, 0.15) is 40.0 Å². The van der Waals surface area contributed by atoms with E-state index in [4.69, 9.17) is 10.00 Å². The van der Waals surface area contributed by atoms with Gasteiger partial charge in [-0.05, 0) is 30.6 Å². The Morgan fingerprint density at radius 1 is 1.40 bits per heavy atom. The fraction of sp³-hybridized carbons (Fsp3) is 0.875. The maximum absolute atomic E-state index is 12.2. The number of carbonyl (C=O) groups excluding carboxylic acids is 1. The predicted octanol–water partition coefficient (Wildman–Crippen LogP) is 2.34. The van der Waals surface area contributed by atoms with Crippen molar-refractivity contribution in [2.75, 3.05) is 27.2 Å². The largest absolute Gasteiger partial charge is 0.458 e. The Hall–Kier alpha value is -1.08. The zero-order valence-electron chi connectivity index (χ0n) is 13.4. The van der Waals surface area contributed by atoms with E-state index in [1.54, 1.807) is 0 Å². The lowest BCUT2D eigenvalue weighted by Crippen LogP contribution is -2.46. The van der Waals surface area contributed by atoms with Crippen LogP contribution in [0.2, 0.25) is 0 Å². The lowest BCUT2D eigenvalue weighted by atomic mass is 9.70. The van der Waals surface area contributed by atoms with E-state index in [0.29, 0.717) is 16.9 Å². The smallest absolute Gasteiger partial charge is 0.362 e. The van der Waals surface area contributed by atoms with Gasteiger partial charge < -0.3 is 9.22 Å². The monoisotopic (exact) mass is 279 g/mol. The van der Waals surface area contributed by atoms with Crippen LogP contribution in [0.4, 0.5) is 0 Å². The molecule has 4 nitrogen and oxygen atoms in total. The van der Waals surface area contributed by atoms with Gasteiger partial charge in [0.1, 0.15) is 12.2 Å². The molecule has 4 heteroatoms. The zero-order valence-corrected chi connectivity index (χ0v) is 13.4. The van der Waals surface area contributed by atoms with Crippen LogP contribution in [-0.4, -0.2) is 43.7 Å². The Balaban J connectivity index is 1.99. The van der Waals surface area contributed by atoms with Crippen LogP contribution in [0.25, 0.3) is 0 Å². The predicted molar refractivity (Wildman–Crippen MR) is 76.6 cm³/mol. The first-order chi connectivity index (χ1) is 9.12. The maximum atomic E-state index is 12.2. The van der Waals surface area contributed by atoms with Crippen LogP contribution in [0.15, 0.2) is 0 Å². The summed E-state index contributed by atoms with van der Waals surface area (Å²) in [6.07, 6.45) is 3.46. The fourth-order valence-electron chi connectivity index (χ4n) is 4.10. The highest BCUT2D eigenvalue weighted by Gasteiger charge is 2.62. The first-order valence-corrected chi connectivity index (χ1v) is 7.51. The minimum atomic E-state index is -0.167. The Morgan fingerprint density at radius 3 is 2.50 bits per heavy atom. The molecule has 2 bridgehead atoms. The first-order valence-electron chi connectivity index (χ1n) is 7.51. The summed E-state index contributed by atoms with van der Waals surface area (Å²) in [6, 6.07) is 2.12. The minimum Gasteiger partial charge on any atom is -0.458 e. The van der Waals surface area contributed by atoms with Gasteiger partial charge >= 0.3 is 5.97 Å². The van der Waals surface area contributed by atoms with Gasteiger partial charge in [-0.3, -0.25) is 0 Å². The van der Waals surface area contributed by atoms with E-state index in [1.165, 1.54) is 6.42 Å². The molecular weight excluding hydrogens is 252 g/mol. The second-order valence-corrected chi connectivity index (χ2v) is 8.00. The lowest BCUT2D eigenvalue weighted by Gasteiger charge is -2.38. The van der Waals surface area contributed by atoms with Gasteiger partial charge in [-0.25, -0.2) is 4.79 Å². The molecule has 0 aromatic heterocycles. The van der Waals surface area contributed by atoms with Gasteiger partial charge in [0.25, 0.3) is 0 Å². The Labute approximate surface area is 122 Å². The quantitative estimate of drug-likeness (QED) is 0.451. The molecule has 3 unspecified atom stereocenters. The topological polar surface area (TPSA) is 50.1 Å². The second kappa shape index (κ2) is 4.73. The lowest BCUT2D eigenvalue weighted by molar-refractivity contribution is -0.876. The molecule has 0 amide bonds. The highest BCUT2D eigenvalue weighted by molar-refractivity contribution is 5.71. The molecule has 2 aliphatic carbocycles. The molecule has 0 aromatic carbocycles. The molecule has 0 radical (unpaired) electrons. The van der Waals surface area contributed by atoms with Crippen molar-refractivity contribution in [2.24, 2.45) is 16.7 Å². The number of rotatable bonds is 4. The molecule has 3 atom stereocenters. The standard InChI is InChI=1S/C16H27N2O2/c1-15(2)12-6-7-16(15,3)13(10-12)20-14(19)11-18(4,5)9-8-17/h12-13H,6-7,9-11H2,1-5H3/q+1. The van der Waals surface area contributed by atoms with Gasteiger partial charge in [-0.2, -0.15) is 5.26 Å². The number of fused-ring (bicyclic) bond motifs is 2. The van der Waals surface area contributed by atoms with Gasteiger partial charge in [0.05, 0.1) is 14.1 Å². The third kappa shape index (κ3) is 2.33. The van der Waals surface area contributed by atoms with Crippen molar-refractivity contribution in [2.45, 2.75) is 46.1 Å². The van der Waals surface area contributed by atoms with Crippen molar-refractivity contribution in [3.8, 4) is 6.07 Å². The molecule has 112 valence electrons. The number of nitriles is 1. The van der Waals surface area contributed by atoms with Gasteiger partial charge in [0.2, 0.25) is 0 Å². The summed E-state index contributed by atoms with van der Waals surface area (Å²) in [5.74, 6) is 0.506. The molecule has 0 aromatic rings. The van der Waals surface area contributed by atoms with E-state index >= 15 is 0 Å². The fourth-order valence-corrected chi connectivity index (χ4v) is 4.10. The van der Waals surface area contributed by atoms with Crippen LogP contribution in [0.3, 0.4) is 0 Å². The molecule has 2 saturated carbocycles. The highest BCUT2D eigenvalue weighted by Crippen LogP contribution is 2.66. The summed E-state index contributed by atoms with van der Waals surface area (Å²) in [6.45, 7) is 7.49. The third-order valence-corrected chi connectivity index (χ3v) is 6.04. The van der Waals surface area contributed by atoms with E-state index in [-0.39, 0.29) is 29.4 Å². The molecule has 2 fully saturated rings. The maximum Gasteiger partial charge on any atom is 0.362 e. The number of esters is 1. The van der Waals surface area contributed by atoms with Crippen molar-refractivity contribution >= 4 is 5.97 Å². The summed E-state index contributed by atoms with van der Waals surface area (Å²) >= 11 is 0. The van der Waals surface area contributed by atoms with Crippen molar-refractivity contribution in [1.82, 2.24) is 0 Å². The SMILES string of the molecule is CC1(C)C2CCC1(C)C(OC(=O)C[N+](C)(C)CC#N)C2. The van der Waals surface area contributed by atoms with Gasteiger partial charge in [0.15, 0.2) is 13.1 Å². The summed E-state index contributed by atoms with van der Waals surface area (Å²) in [4.78, 5) is 12.2. The van der Waals surface area contributed by atoms with E-state index in [2.05, 4.69) is 26.8 Å². The molecule has 0 aliphatic heterocycles. The van der Waals surface area contributed by atoms with Crippen LogP contribution in [0.5, 0.6) is 0 Å². The summed E-state index contributed by atoms with van der Waals surface area (Å²) in [5.41, 5.74) is 0.370. The third-order valence-electron chi connectivity index (χ3n) is 6.04. The van der Waals surface area contributed by atoms with E-state index in [0.717, 1.165) is 12.8 Å². The molecule has 0 spiro atoms. The number of hydrogen-bond acceptors (Lipinski definition) is 3. The number of likely N-dealkylation sites (N-methyl/N-ethyl adjacent to an activating group) is 1. The van der Waals surface area contributed by atoms with Crippen molar-refractivity contribution in [1.29, 1.82) is 5.26 Å². The summed E-state index contributed by atoms with van der Waals surface area (Å²) in [7, 11) is 3.77. The number of hydrogen-bond donors (Lipinski definition) is 0. The zero-order chi connectivity index (χ0) is 15.2. The molecule has 0 saturated heterocycles. The number of nitrogens with zero attached hydrogens (tertiary/aromatic N) is 2. The molecule has 2 rings (SSSR count). The summed E-state index contributed by atoms with van der Waals surface area (Å²) < 4.78 is 6.17. The van der Waals surface area contributed by atoms with Gasteiger partial charge in [-0.15, -0.1) is 0 Å². The number of carbonyl (C=O) groups is 1. The van der Waals surface area contributed by atoms with Crippen molar-refractivity contribution < 1.29 is 14.0 Å². The average molecular weight is 279 g/mol. The van der Waals surface area contributed by atoms with Crippen LogP contribution >= 0.6 is 0 Å².